The molecule has 0 bridgehead atoms. The van der Waals surface area contributed by atoms with E-state index in [0.717, 1.165) is 5.56 Å². The van der Waals surface area contributed by atoms with Gasteiger partial charge in [0.25, 0.3) is 5.91 Å². The number of carbonyl (C=O) groups excluding carboxylic acids is 1. The van der Waals surface area contributed by atoms with E-state index in [9.17, 15) is 4.79 Å². The van der Waals surface area contributed by atoms with E-state index in [2.05, 4.69) is 5.32 Å². The van der Waals surface area contributed by atoms with Crippen molar-refractivity contribution in [2.75, 3.05) is 20.3 Å². The molecule has 1 aromatic rings. The Morgan fingerprint density at radius 3 is 2.68 bits per heavy atom. The normalized spacial score (nSPS) is 13.7. The van der Waals surface area contributed by atoms with Crippen molar-refractivity contribution in [3.8, 4) is 5.75 Å². The van der Waals surface area contributed by atoms with E-state index in [1.165, 1.54) is 0 Å². The zero-order valence-corrected chi connectivity index (χ0v) is 11.7. The molecule has 5 nitrogen and oxygen atoms in total. The molecule has 0 heterocycles. The monoisotopic (exact) mass is 266 g/mol. The maximum atomic E-state index is 11.7. The lowest BCUT2D eigenvalue weighted by molar-refractivity contribution is -0.124. The summed E-state index contributed by atoms with van der Waals surface area (Å²) in [4.78, 5) is 11.7. The Morgan fingerprint density at radius 1 is 1.37 bits per heavy atom. The van der Waals surface area contributed by atoms with Crippen molar-refractivity contribution in [2.45, 2.75) is 25.9 Å². The van der Waals surface area contributed by atoms with Crippen molar-refractivity contribution in [3.63, 3.8) is 0 Å². The summed E-state index contributed by atoms with van der Waals surface area (Å²) in [6, 6.07) is 7.28. The summed E-state index contributed by atoms with van der Waals surface area (Å²) in [7, 11) is 1.60. The van der Waals surface area contributed by atoms with Crippen LogP contribution in [0.15, 0.2) is 24.3 Å². The van der Waals surface area contributed by atoms with Gasteiger partial charge in [-0.3, -0.25) is 4.79 Å². The van der Waals surface area contributed by atoms with Crippen LogP contribution in [0.1, 0.15) is 25.5 Å². The van der Waals surface area contributed by atoms with Crippen LogP contribution < -0.4 is 15.8 Å². The van der Waals surface area contributed by atoms with Crippen molar-refractivity contribution < 1.29 is 14.3 Å². The SMILES string of the molecule is COCC(C)NC(=O)COc1ccccc1C(C)N. The molecule has 2 unspecified atom stereocenters. The van der Waals surface area contributed by atoms with Gasteiger partial charge in [-0.2, -0.15) is 0 Å². The van der Waals surface area contributed by atoms with E-state index in [-0.39, 0.29) is 24.6 Å². The third-order valence-corrected chi connectivity index (χ3v) is 2.59. The lowest BCUT2D eigenvalue weighted by Crippen LogP contribution is -2.38. The smallest absolute Gasteiger partial charge is 0.258 e. The Bertz CT molecular complexity index is 407. The second-order valence-electron chi connectivity index (χ2n) is 4.54. The standard InChI is InChI=1S/C14H22N2O3/c1-10(8-18-3)16-14(17)9-19-13-7-5-4-6-12(13)11(2)15/h4-7,10-11H,8-9,15H2,1-3H3,(H,16,17). The van der Waals surface area contributed by atoms with Crippen LogP contribution in [-0.2, 0) is 9.53 Å². The first-order valence-corrected chi connectivity index (χ1v) is 6.30. The number of nitrogens with one attached hydrogen (secondary N) is 1. The lowest BCUT2D eigenvalue weighted by Gasteiger charge is -2.15. The number of hydrogen-bond acceptors (Lipinski definition) is 4. The quantitative estimate of drug-likeness (QED) is 0.778. The minimum atomic E-state index is -0.177. The van der Waals surface area contributed by atoms with Crippen molar-refractivity contribution in [1.29, 1.82) is 0 Å². The molecule has 0 radical (unpaired) electrons. The van der Waals surface area contributed by atoms with Gasteiger partial charge in [0.15, 0.2) is 6.61 Å². The first-order chi connectivity index (χ1) is 9.04. The molecular formula is C14H22N2O3. The summed E-state index contributed by atoms with van der Waals surface area (Å²) in [6.07, 6.45) is 0. The Kier molecular flexibility index (Phi) is 6.32. The van der Waals surface area contributed by atoms with Crippen molar-refractivity contribution >= 4 is 5.91 Å². The molecular weight excluding hydrogens is 244 g/mol. The van der Waals surface area contributed by atoms with E-state index >= 15 is 0 Å². The third-order valence-electron chi connectivity index (χ3n) is 2.59. The number of hydrogen-bond donors (Lipinski definition) is 2. The van der Waals surface area contributed by atoms with Gasteiger partial charge in [-0.15, -0.1) is 0 Å². The molecule has 0 aliphatic heterocycles. The average Bonchev–Trinajstić information content (AvgIpc) is 2.36. The van der Waals surface area contributed by atoms with E-state index < -0.39 is 0 Å². The molecule has 0 fully saturated rings. The van der Waals surface area contributed by atoms with Crippen LogP contribution >= 0.6 is 0 Å². The maximum Gasteiger partial charge on any atom is 0.258 e. The maximum absolute atomic E-state index is 11.7. The Hall–Kier alpha value is -1.59. The molecule has 0 saturated carbocycles. The van der Waals surface area contributed by atoms with Crippen molar-refractivity contribution in [1.82, 2.24) is 5.32 Å². The van der Waals surface area contributed by atoms with Gasteiger partial charge in [0.1, 0.15) is 5.75 Å². The minimum absolute atomic E-state index is 0.0300. The number of benzene rings is 1. The van der Waals surface area contributed by atoms with Gasteiger partial charge in [0.05, 0.1) is 6.61 Å². The summed E-state index contributed by atoms with van der Waals surface area (Å²) in [5, 5.41) is 2.78. The highest BCUT2D eigenvalue weighted by atomic mass is 16.5. The van der Waals surface area contributed by atoms with Gasteiger partial charge in [0, 0.05) is 24.8 Å². The van der Waals surface area contributed by atoms with Crippen LogP contribution in [0.4, 0.5) is 0 Å². The van der Waals surface area contributed by atoms with Crippen LogP contribution in [0.2, 0.25) is 0 Å². The number of carbonyl (C=O) groups is 1. The van der Waals surface area contributed by atoms with Crippen molar-refractivity contribution in [2.24, 2.45) is 5.73 Å². The topological polar surface area (TPSA) is 73.6 Å². The lowest BCUT2D eigenvalue weighted by atomic mass is 10.1. The summed E-state index contributed by atoms with van der Waals surface area (Å²) >= 11 is 0. The van der Waals surface area contributed by atoms with E-state index in [4.69, 9.17) is 15.2 Å². The van der Waals surface area contributed by atoms with Gasteiger partial charge < -0.3 is 20.5 Å². The highest BCUT2D eigenvalue weighted by Crippen LogP contribution is 2.22. The fourth-order valence-corrected chi connectivity index (χ4v) is 1.74. The first-order valence-electron chi connectivity index (χ1n) is 6.30. The Labute approximate surface area is 114 Å². The van der Waals surface area contributed by atoms with Crippen LogP contribution in [-0.4, -0.2) is 32.3 Å². The number of ether oxygens (including phenoxy) is 2. The third kappa shape index (κ3) is 5.28. The summed E-state index contributed by atoms with van der Waals surface area (Å²) in [5.74, 6) is 0.469. The highest BCUT2D eigenvalue weighted by molar-refractivity contribution is 5.77. The van der Waals surface area contributed by atoms with Gasteiger partial charge in [-0.1, -0.05) is 18.2 Å². The van der Waals surface area contributed by atoms with Gasteiger partial charge in [0.2, 0.25) is 0 Å². The van der Waals surface area contributed by atoms with E-state index in [0.29, 0.717) is 12.4 Å². The van der Waals surface area contributed by atoms with Gasteiger partial charge in [-0.25, -0.2) is 0 Å². The predicted molar refractivity (Wildman–Crippen MR) is 74.0 cm³/mol. The number of methoxy groups -OCH3 is 1. The summed E-state index contributed by atoms with van der Waals surface area (Å²) in [5.41, 5.74) is 6.73. The second-order valence-corrected chi connectivity index (χ2v) is 4.54. The fraction of sp³-hybridized carbons (Fsp3) is 0.500. The molecule has 5 heteroatoms. The molecule has 19 heavy (non-hydrogen) atoms. The summed E-state index contributed by atoms with van der Waals surface area (Å²) < 4.78 is 10.5. The Balaban J connectivity index is 2.50. The number of nitrogens with two attached hydrogens (primary N) is 1. The number of para-hydroxylation sites is 1. The molecule has 1 aromatic carbocycles. The van der Waals surface area contributed by atoms with Gasteiger partial charge in [-0.05, 0) is 19.9 Å². The average molecular weight is 266 g/mol. The molecule has 0 aliphatic rings. The zero-order chi connectivity index (χ0) is 14.3. The zero-order valence-electron chi connectivity index (χ0n) is 11.7. The molecule has 0 saturated heterocycles. The minimum Gasteiger partial charge on any atom is -0.483 e. The van der Waals surface area contributed by atoms with E-state index in [1.54, 1.807) is 7.11 Å². The molecule has 106 valence electrons. The van der Waals surface area contributed by atoms with Crippen LogP contribution in [0.3, 0.4) is 0 Å². The molecule has 1 amide bonds. The largest absolute Gasteiger partial charge is 0.483 e. The second kappa shape index (κ2) is 7.76. The molecule has 2 atom stereocenters. The van der Waals surface area contributed by atoms with Crippen LogP contribution in [0, 0.1) is 0 Å². The van der Waals surface area contributed by atoms with E-state index in [1.807, 2.05) is 38.1 Å². The number of amides is 1. The number of rotatable bonds is 7. The predicted octanol–water partition coefficient (Wildman–Crippen LogP) is 1.24. The molecule has 1 rings (SSSR count). The highest BCUT2D eigenvalue weighted by Gasteiger charge is 2.11. The fourth-order valence-electron chi connectivity index (χ4n) is 1.74. The van der Waals surface area contributed by atoms with Crippen molar-refractivity contribution in [3.05, 3.63) is 29.8 Å². The molecule has 3 N–H and O–H groups in total. The molecule has 0 spiro atoms. The summed E-state index contributed by atoms with van der Waals surface area (Å²) in [6.45, 7) is 4.19. The Morgan fingerprint density at radius 2 is 2.05 bits per heavy atom. The van der Waals surface area contributed by atoms with Crippen LogP contribution in [0.25, 0.3) is 0 Å². The van der Waals surface area contributed by atoms with Crippen LogP contribution in [0.5, 0.6) is 5.75 Å². The molecule has 0 aliphatic carbocycles. The van der Waals surface area contributed by atoms with Gasteiger partial charge >= 0.3 is 0 Å². The molecule has 0 aromatic heterocycles. The first kappa shape index (κ1) is 15.5.